The lowest BCUT2D eigenvalue weighted by molar-refractivity contribution is 0.473. The first-order valence-electron chi connectivity index (χ1n) is 4.33. The summed E-state index contributed by atoms with van der Waals surface area (Å²) in [6.07, 6.45) is 0.891. The van der Waals surface area contributed by atoms with Gasteiger partial charge >= 0.3 is 0 Å². The third-order valence-corrected chi connectivity index (χ3v) is 3.52. The van der Waals surface area contributed by atoms with E-state index < -0.39 is 11.2 Å². The highest BCUT2D eigenvalue weighted by molar-refractivity contribution is 7.91. The normalized spacial score (nSPS) is 12.8. The van der Waals surface area contributed by atoms with E-state index in [1.165, 1.54) is 0 Å². The molecule has 1 unspecified atom stereocenters. The van der Waals surface area contributed by atoms with Crippen molar-refractivity contribution in [2.45, 2.75) is 25.2 Å². The molecule has 0 fully saturated rings. The van der Waals surface area contributed by atoms with Crippen molar-refractivity contribution in [1.29, 1.82) is 0 Å². The Morgan fingerprint density at radius 3 is 2.77 bits per heavy atom. The highest BCUT2D eigenvalue weighted by Gasteiger charge is 2.13. The van der Waals surface area contributed by atoms with Crippen LogP contribution in [0.1, 0.15) is 18.9 Å². The summed E-state index contributed by atoms with van der Waals surface area (Å²) in [6.45, 7) is 3.90. The Kier molecular flexibility index (Phi) is 3.63. The van der Waals surface area contributed by atoms with Crippen molar-refractivity contribution < 1.29 is 9.66 Å². The van der Waals surface area contributed by atoms with Crippen molar-refractivity contribution in [2.75, 3.05) is 5.75 Å². The number of phenolic OH excluding ortho intramolecular Hbond substituents is 1. The topological polar surface area (TPSA) is 43.3 Å². The van der Waals surface area contributed by atoms with E-state index >= 15 is 0 Å². The average molecular weight is 198 g/mol. The quantitative estimate of drug-likeness (QED) is 0.757. The van der Waals surface area contributed by atoms with Crippen LogP contribution in [-0.4, -0.2) is 15.4 Å². The van der Waals surface area contributed by atoms with Crippen LogP contribution in [0.15, 0.2) is 23.1 Å². The number of aryl methyl sites for hydroxylation is 1. The Hall–Kier alpha value is -0.670. The number of phenols is 1. The predicted molar refractivity (Wildman–Crippen MR) is 54.4 cm³/mol. The molecule has 72 valence electrons. The maximum atomic E-state index is 11.6. The van der Waals surface area contributed by atoms with Crippen LogP contribution in [0.4, 0.5) is 0 Å². The van der Waals surface area contributed by atoms with Gasteiger partial charge in [-0.15, -0.1) is 0 Å². The van der Waals surface area contributed by atoms with Gasteiger partial charge in [0.1, 0.15) is 11.5 Å². The van der Waals surface area contributed by atoms with E-state index in [1.807, 2.05) is 13.8 Å². The highest BCUT2D eigenvalue weighted by atomic mass is 32.2. The van der Waals surface area contributed by atoms with Gasteiger partial charge < -0.3 is 9.66 Å². The fraction of sp³-hybridized carbons (Fsp3) is 0.400. The Labute approximate surface area is 81.8 Å². The Morgan fingerprint density at radius 1 is 1.46 bits per heavy atom. The van der Waals surface area contributed by atoms with Gasteiger partial charge in [-0.05, 0) is 30.6 Å². The van der Waals surface area contributed by atoms with Gasteiger partial charge in [0.25, 0.3) is 0 Å². The average Bonchev–Trinajstić information content (AvgIpc) is 2.09. The minimum atomic E-state index is -0.965. The first kappa shape index (κ1) is 10.4. The van der Waals surface area contributed by atoms with E-state index in [2.05, 4.69) is 0 Å². The monoisotopic (exact) mass is 198 g/mol. The molecule has 0 bridgehead atoms. The molecule has 0 saturated heterocycles. The Bertz CT molecular complexity index is 286. The molecule has 0 aliphatic carbocycles. The molecule has 1 aromatic rings. The largest absolute Gasteiger partial charge is 0.611 e. The third kappa shape index (κ3) is 2.64. The molecule has 2 nitrogen and oxygen atoms in total. The molecule has 1 atom stereocenters. The Morgan fingerprint density at radius 2 is 2.15 bits per heavy atom. The van der Waals surface area contributed by atoms with Gasteiger partial charge in [0.2, 0.25) is 0 Å². The van der Waals surface area contributed by atoms with Gasteiger partial charge in [0.15, 0.2) is 4.90 Å². The zero-order valence-electron chi connectivity index (χ0n) is 7.91. The molecule has 0 heterocycles. The second kappa shape index (κ2) is 4.53. The van der Waals surface area contributed by atoms with Crippen molar-refractivity contribution in [3.05, 3.63) is 23.8 Å². The lowest BCUT2D eigenvalue weighted by Gasteiger charge is -2.11. The number of hydrogen-bond donors (Lipinski definition) is 1. The molecular formula is C10H14O2S. The lowest BCUT2D eigenvalue weighted by atomic mass is 10.2. The minimum Gasteiger partial charge on any atom is -0.611 e. The van der Waals surface area contributed by atoms with Gasteiger partial charge in [-0.2, -0.15) is 0 Å². The van der Waals surface area contributed by atoms with E-state index in [9.17, 15) is 9.66 Å². The highest BCUT2D eigenvalue weighted by Crippen LogP contribution is 2.21. The zero-order valence-corrected chi connectivity index (χ0v) is 8.73. The summed E-state index contributed by atoms with van der Waals surface area (Å²) >= 11 is -0.965. The van der Waals surface area contributed by atoms with E-state index in [1.54, 1.807) is 18.2 Å². The molecule has 13 heavy (non-hydrogen) atoms. The van der Waals surface area contributed by atoms with E-state index in [-0.39, 0.29) is 5.75 Å². The molecule has 0 aliphatic heterocycles. The molecule has 0 saturated carbocycles. The third-order valence-electron chi connectivity index (χ3n) is 1.81. The molecular weight excluding hydrogens is 184 g/mol. The fourth-order valence-corrected chi connectivity index (χ4v) is 2.40. The molecule has 0 aromatic heterocycles. The number of benzene rings is 1. The van der Waals surface area contributed by atoms with Gasteiger partial charge in [-0.25, -0.2) is 0 Å². The molecule has 3 heteroatoms. The minimum absolute atomic E-state index is 0.185. The van der Waals surface area contributed by atoms with E-state index in [0.717, 1.165) is 16.9 Å². The van der Waals surface area contributed by atoms with Crippen LogP contribution in [0.25, 0.3) is 0 Å². The Balaban J connectivity index is 2.91. The van der Waals surface area contributed by atoms with Crippen LogP contribution in [0, 0.1) is 6.92 Å². The fourth-order valence-electron chi connectivity index (χ4n) is 1.13. The SMILES string of the molecule is CCC[S+]([O-])c1cc(O)ccc1C. The smallest absolute Gasteiger partial charge is 0.159 e. The molecule has 0 amide bonds. The van der Waals surface area contributed by atoms with Crippen molar-refractivity contribution in [3.63, 3.8) is 0 Å². The van der Waals surface area contributed by atoms with Crippen LogP contribution in [0.3, 0.4) is 0 Å². The summed E-state index contributed by atoms with van der Waals surface area (Å²) in [4.78, 5) is 0.752. The molecule has 1 N–H and O–H groups in total. The van der Waals surface area contributed by atoms with Gasteiger partial charge in [0, 0.05) is 11.6 Å². The van der Waals surface area contributed by atoms with Crippen molar-refractivity contribution in [2.24, 2.45) is 0 Å². The molecule has 0 aliphatic rings. The van der Waals surface area contributed by atoms with Crippen molar-refractivity contribution in [3.8, 4) is 5.75 Å². The standard InChI is InChI=1S/C10H14O2S/c1-3-6-13(12)10-7-9(11)5-4-8(10)2/h4-5,7,11H,3,6H2,1-2H3. The summed E-state index contributed by atoms with van der Waals surface area (Å²) in [5.74, 6) is 0.842. The van der Waals surface area contributed by atoms with Crippen LogP contribution in [0.5, 0.6) is 5.75 Å². The first-order valence-corrected chi connectivity index (χ1v) is 5.65. The van der Waals surface area contributed by atoms with E-state index in [4.69, 9.17) is 0 Å². The summed E-state index contributed by atoms with van der Waals surface area (Å²) in [7, 11) is 0. The van der Waals surface area contributed by atoms with E-state index in [0.29, 0.717) is 5.75 Å². The predicted octanol–water partition coefficient (Wildman–Crippen LogP) is 2.22. The second-order valence-electron chi connectivity index (χ2n) is 3.00. The summed E-state index contributed by atoms with van der Waals surface area (Å²) in [6, 6.07) is 4.99. The molecule has 1 rings (SSSR count). The number of aromatic hydroxyl groups is 1. The lowest BCUT2D eigenvalue weighted by Crippen LogP contribution is -2.07. The number of rotatable bonds is 3. The summed E-state index contributed by atoms with van der Waals surface area (Å²) in [5.41, 5.74) is 0.976. The zero-order chi connectivity index (χ0) is 9.84. The molecule has 0 spiro atoms. The number of hydrogen-bond acceptors (Lipinski definition) is 2. The van der Waals surface area contributed by atoms with Gasteiger partial charge in [0.05, 0.1) is 0 Å². The van der Waals surface area contributed by atoms with Crippen LogP contribution in [0.2, 0.25) is 0 Å². The molecule has 1 aromatic carbocycles. The van der Waals surface area contributed by atoms with Crippen molar-refractivity contribution in [1.82, 2.24) is 0 Å². The van der Waals surface area contributed by atoms with Gasteiger partial charge in [-0.1, -0.05) is 13.0 Å². The maximum absolute atomic E-state index is 11.6. The van der Waals surface area contributed by atoms with Crippen LogP contribution >= 0.6 is 0 Å². The van der Waals surface area contributed by atoms with Crippen LogP contribution < -0.4 is 0 Å². The van der Waals surface area contributed by atoms with Crippen LogP contribution in [-0.2, 0) is 11.2 Å². The summed E-state index contributed by atoms with van der Waals surface area (Å²) in [5, 5.41) is 9.22. The second-order valence-corrected chi connectivity index (χ2v) is 4.54. The summed E-state index contributed by atoms with van der Waals surface area (Å²) < 4.78 is 11.6. The maximum Gasteiger partial charge on any atom is 0.159 e. The molecule has 0 radical (unpaired) electrons. The van der Waals surface area contributed by atoms with Gasteiger partial charge in [-0.3, -0.25) is 0 Å². The first-order chi connectivity index (χ1) is 6.15. The van der Waals surface area contributed by atoms with Crippen molar-refractivity contribution >= 4 is 11.2 Å².